The highest BCUT2D eigenvalue weighted by molar-refractivity contribution is 5.85. The number of nitrogens with zero attached hydrogens (tertiary/aromatic N) is 2. The predicted molar refractivity (Wildman–Crippen MR) is 54.0 cm³/mol. The van der Waals surface area contributed by atoms with Crippen LogP contribution in [0.3, 0.4) is 0 Å². The molecule has 0 bridgehead atoms. The average molecular weight is 190 g/mol. The van der Waals surface area contributed by atoms with Gasteiger partial charge in [-0.2, -0.15) is 5.10 Å². The summed E-state index contributed by atoms with van der Waals surface area (Å²) in [5, 5.41) is 7.42. The van der Waals surface area contributed by atoms with Crippen molar-refractivity contribution in [1.29, 1.82) is 0 Å². The summed E-state index contributed by atoms with van der Waals surface area (Å²) >= 11 is 0. The number of aromatic nitrogens is 2. The molecule has 0 aromatic carbocycles. The van der Waals surface area contributed by atoms with Gasteiger partial charge in [0.25, 0.3) is 0 Å². The van der Waals surface area contributed by atoms with Crippen molar-refractivity contribution in [3.8, 4) is 0 Å². The van der Waals surface area contributed by atoms with Gasteiger partial charge in [-0.15, -0.1) is 12.4 Å². The van der Waals surface area contributed by atoms with Crippen LogP contribution in [0.25, 0.3) is 0 Å². The quantitative estimate of drug-likeness (QED) is 0.788. The average Bonchev–Trinajstić information content (AvgIpc) is 2.31. The van der Waals surface area contributed by atoms with Crippen molar-refractivity contribution >= 4 is 18.1 Å². The Kier molecular flexibility index (Phi) is 4.74. The summed E-state index contributed by atoms with van der Waals surface area (Å²) < 4.78 is 1.87. The van der Waals surface area contributed by atoms with E-state index in [-0.39, 0.29) is 12.4 Å². The number of hydrogen-bond donors (Lipinski definition) is 1. The van der Waals surface area contributed by atoms with Gasteiger partial charge >= 0.3 is 0 Å². The smallest absolute Gasteiger partial charge is 0.0756 e. The molecule has 1 rings (SSSR count). The highest BCUT2D eigenvalue weighted by Gasteiger charge is 2.00. The second-order valence-electron chi connectivity index (χ2n) is 2.69. The molecular formula is C8H16ClN3. The third-order valence-corrected chi connectivity index (χ3v) is 1.80. The number of anilines is 1. The van der Waals surface area contributed by atoms with Crippen LogP contribution in [0.5, 0.6) is 0 Å². The van der Waals surface area contributed by atoms with Crippen LogP contribution in [-0.2, 0) is 7.05 Å². The molecule has 4 heteroatoms. The fourth-order valence-corrected chi connectivity index (χ4v) is 0.932. The molecule has 0 unspecified atom stereocenters. The molecule has 3 nitrogen and oxygen atoms in total. The Morgan fingerprint density at radius 1 is 1.58 bits per heavy atom. The molecule has 0 aliphatic heterocycles. The van der Waals surface area contributed by atoms with Gasteiger partial charge in [0.05, 0.1) is 17.6 Å². The first kappa shape index (κ1) is 11.3. The number of halogens is 1. The van der Waals surface area contributed by atoms with E-state index < -0.39 is 0 Å². The van der Waals surface area contributed by atoms with E-state index in [0.29, 0.717) is 0 Å². The Morgan fingerprint density at radius 3 is 2.67 bits per heavy atom. The third-order valence-electron chi connectivity index (χ3n) is 1.80. The molecule has 0 saturated heterocycles. The number of hydrogen-bond acceptors (Lipinski definition) is 2. The fraction of sp³-hybridized carbons (Fsp3) is 0.625. The van der Waals surface area contributed by atoms with Crippen molar-refractivity contribution in [3.05, 3.63) is 11.9 Å². The first-order valence-electron chi connectivity index (χ1n) is 3.98. The minimum Gasteiger partial charge on any atom is -0.382 e. The first-order chi connectivity index (χ1) is 5.25. The zero-order chi connectivity index (χ0) is 8.27. The van der Waals surface area contributed by atoms with Gasteiger partial charge in [-0.3, -0.25) is 4.68 Å². The van der Waals surface area contributed by atoms with Crippen molar-refractivity contribution in [2.75, 3.05) is 11.9 Å². The monoisotopic (exact) mass is 189 g/mol. The molecule has 0 spiro atoms. The van der Waals surface area contributed by atoms with Crippen LogP contribution >= 0.6 is 12.4 Å². The van der Waals surface area contributed by atoms with E-state index in [9.17, 15) is 0 Å². The lowest BCUT2D eigenvalue weighted by Crippen LogP contribution is -2.01. The molecule has 0 atom stereocenters. The molecule has 1 heterocycles. The van der Waals surface area contributed by atoms with E-state index in [1.807, 2.05) is 17.9 Å². The summed E-state index contributed by atoms with van der Waals surface area (Å²) in [5.74, 6) is 0. The van der Waals surface area contributed by atoms with Crippen LogP contribution in [0.1, 0.15) is 19.0 Å². The Morgan fingerprint density at radius 2 is 2.25 bits per heavy atom. The van der Waals surface area contributed by atoms with Gasteiger partial charge in [0.1, 0.15) is 0 Å². The molecular weight excluding hydrogens is 174 g/mol. The Labute approximate surface area is 79.6 Å². The predicted octanol–water partition coefficient (Wildman–Crippen LogP) is 1.97. The van der Waals surface area contributed by atoms with Gasteiger partial charge in [0, 0.05) is 13.6 Å². The maximum Gasteiger partial charge on any atom is 0.0756 e. The number of nitrogens with one attached hydrogen (secondary N) is 1. The maximum atomic E-state index is 4.12. The lowest BCUT2D eigenvalue weighted by Gasteiger charge is -2.02. The van der Waals surface area contributed by atoms with E-state index in [1.54, 1.807) is 0 Å². The van der Waals surface area contributed by atoms with Crippen LogP contribution in [0.4, 0.5) is 5.69 Å². The number of rotatable bonds is 3. The molecule has 0 aliphatic carbocycles. The summed E-state index contributed by atoms with van der Waals surface area (Å²) in [7, 11) is 1.95. The van der Waals surface area contributed by atoms with Crippen molar-refractivity contribution < 1.29 is 0 Å². The second kappa shape index (κ2) is 5.04. The normalized spacial score (nSPS) is 9.25. The van der Waals surface area contributed by atoms with E-state index in [4.69, 9.17) is 0 Å². The van der Waals surface area contributed by atoms with Crippen molar-refractivity contribution in [2.45, 2.75) is 20.3 Å². The second-order valence-corrected chi connectivity index (χ2v) is 2.69. The van der Waals surface area contributed by atoms with Crippen LogP contribution in [0, 0.1) is 6.92 Å². The standard InChI is InChI=1S/C8H15N3.ClH/c1-4-5-9-8-6-10-11(3)7(8)2;/h6,9H,4-5H2,1-3H3;1H. The van der Waals surface area contributed by atoms with Crippen LogP contribution < -0.4 is 5.32 Å². The zero-order valence-electron chi connectivity index (χ0n) is 7.79. The highest BCUT2D eigenvalue weighted by Crippen LogP contribution is 2.11. The Hall–Kier alpha value is -0.700. The van der Waals surface area contributed by atoms with Crippen molar-refractivity contribution in [2.24, 2.45) is 7.05 Å². The van der Waals surface area contributed by atoms with Gasteiger partial charge < -0.3 is 5.32 Å². The molecule has 1 aromatic rings. The Bertz CT molecular complexity index is 232. The van der Waals surface area contributed by atoms with E-state index in [2.05, 4.69) is 24.3 Å². The first-order valence-corrected chi connectivity index (χ1v) is 3.98. The summed E-state index contributed by atoms with van der Waals surface area (Å²) in [6, 6.07) is 0. The highest BCUT2D eigenvalue weighted by atomic mass is 35.5. The molecule has 0 amide bonds. The summed E-state index contributed by atoms with van der Waals surface area (Å²) in [4.78, 5) is 0. The van der Waals surface area contributed by atoms with Gasteiger partial charge in [0.15, 0.2) is 0 Å². The van der Waals surface area contributed by atoms with Gasteiger partial charge in [-0.25, -0.2) is 0 Å². The molecule has 0 radical (unpaired) electrons. The fourth-order valence-electron chi connectivity index (χ4n) is 0.932. The molecule has 0 saturated carbocycles. The molecule has 1 N–H and O–H groups in total. The topological polar surface area (TPSA) is 29.9 Å². The van der Waals surface area contributed by atoms with Crippen molar-refractivity contribution in [1.82, 2.24) is 9.78 Å². The summed E-state index contributed by atoms with van der Waals surface area (Å²) in [6.07, 6.45) is 3.01. The minimum absolute atomic E-state index is 0. The van der Waals surface area contributed by atoms with Gasteiger partial charge in [-0.05, 0) is 13.3 Å². The SMILES string of the molecule is CCCNc1cnn(C)c1C.Cl. The van der Waals surface area contributed by atoms with Crippen LogP contribution in [0.15, 0.2) is 6.20 Å². The lowest BCUT2D eigenvalue weighted by atomic mass is 10.4. The largest absolute Gasteiger partial charge is 0.382 e. The molecule has 12 heavy (non-hydrogen) atoms. The van der Waals surface area contributed by atoms with E-state index in [0.717, 1.165) is 18.7 Å². The van der Waals surface area contributed by atoms with Gasteiger partial charge in [0.2, 0.25) is 0 Å². The lowest BCUT2D eigenvalue weighted by molar-refractivity contribution is 0.740. The van der Waals surface area contributed by atoms with Crippen LogP contribution in [-0.4, -0.2) is 16.3 Å². The van der Waals surface area contributed by atoms with Crippen molar-refractivity contribution in [3.63, 3.8) is 0 Å². The third kappa shape index (κ3) is 2.41. The maximum absolute atomic E-state index is 4.12. The Balaban J connectivity index is 0.00000121. The van der Waals surface area contributed by atoms with Crippen LogP contribution in [0.2, 0.25) is 0 Å². The molecule has 0 aliphatic rings. The molecule has 1 aromatic heterocycles. The summed E-state index contributed by atoms with van der Waals surface area (Å²) in [5.41, 5.74) is 2.34. The van der Waals surface area contributed by atoms with E-state index >= 15 is 0 Å². The van der Waals surface area contributed by atoms with E-state index in [1.165, 1.54) is 5.69 Å². The molecule has 70 valence electrons. The van der Waals surface area contributed by atoms with Gasteiger partial charge in [-0.1, -0.05) is 6.92 Å². The molecule has 0 fully saturated rings. The zero-order valence-corrected chi connectivity index (χ0v) is 8.61. The number of aryl methyl sites for hydroxylation is 1. The summed E-state index contributed by atoms with van der Waals surface area (Å²) in [6.45, 7) is 5.23. The minimum atomic E-state index is 0.